The summed E-state index contributed by atoms with van der Waals surface area (Å²) in [5.74, 6) is 2.70. The zero-order valence-corrected chi connectivity index (χ0v) is 12.8. The highest BCUT2D eigenvalue weighted by molar-refractivity contribution is 8.07. The van der Waals surface area contributed by atoms with Crippen LogP contribution in [0.2, 0.25) is 0 Å². The molecule has 2 heteroatoms. The molecule has 2 aliphatic heterocycles. The van der Waals surface area contributed by atoms with E-state index in [9.17, 15) is 0 Å². The Morgan fingerprint density at radius 3 is 2.28 bits per heavy atom. The monoisotopic (exact) mass is 280 g/mol. The summed E-state index contributed by atoms with van der Waals surface area (Å²) < 4.78 is 0. The summed E-state index contributed by atoms with van der Waals surface area (Å²) in [4.78, 5) is 0. The minimum Gasteiger partial charge on any atom is -0.152 e. The summed E-state index contributed by atoms with van der Waals surface area (Å²) in [6, 6.07) is 0. The summed E-state index contributed by atoms with van der Waals surface area (Å²) >= 11 is 4.24. The Labute approximate surface area is 120 Å². The number of rotatable bonds is 1. The second-order valence-electron chi connectivity index (χ2n) is 5.69. The van der Waals surface area contributed by atoms with Crippen molar-refractivity contribution in [2.24, 2.45) is 0 Å². The fourth-order valence-corrected chi connectivity index (χ4v) is 5.16. The lowest BCUT2D eigenvalue weighted by Crippen LogP contribution is -2.07. The molecule has 100 valence electrons. The van der Waals surface area contributed by atoms with Gasteiger partial charge in [-0.15, -0.1) is 11.8 Å². The normalized spacial score (nSPS) is 33.8. The molecule has 2 fully saturated rings. The van der Waals surface area contributed by atoms with Gasteiger partial charge in [0.25, 0.3) is 0 Å². The van der Waals surface area contributed by atoms with E-state index in [1.807, 2.05) is 0 Å². The molecule has 0 amide bonds. The molecule has 0 aromatic rings. The lowest BCUT2D eigenvalue weighted by atomic mass is 9.95. The largest absolute Gasteiger partial charge is 0.152 e. The molecule has 0 N–H and O–H groups in total. The molecule has 2 unspecified atom stereocenters. The van der Waals surface area contributed by atoms with Gasteiger partial charge < -0.3 is 0 Å². The predicted octanol–water partition coefficient (Wildman–Crippen LogP) is 5.20. The second-order valence-corrected chi connectivity index (χ2v) is 8.16. The zero-order valence-electron chi connectivity index (χ0n) is 11.2. The molecule has 1 saturated heterocycles. The molecule has 0 aromatic heterocycles. The first kappa shape index (κ1) is 13.2. The van der Waals surface area contributed by atoms with Crippen molar-refractivity contribution in [3.05, 3.63) is 23.3 Å². The molecule has 0 aromatic carbocycles. The van der Waals surface area contributed by atoms with Crippen molar-refractivity contribution in [1.82, 2.24) is 0 Å². The summed E-state index contributed by atoms with van der Waals surface area (Å²) in [5.41, 5.74) is 3.51. The Bertz CT molecular complexity index is 339. The van der Waals surface area contributed by atoms with Crippen LogP contribution < -0.4 is 0 Å². The van der Waals surface area contributed by atoms with Crippen LogP contribution in [0.15, 0.2) is 23.3 Å². The van der Waals surface area contributed by atoms with E-state index in [1.165, 1.54) is 62.9 Å². The van der Waals surface area contributed by atoms with Gasteiger partial charge >= 0.3 is 0 Å². The van der Waals surface area contributed by atoms with E-state index in [2.05, 4.69) is 35.7 Å². The SMILES string of the molecule is C1=C(C2CS2)CCCC1.C1=C2CCCCC2SC1. The maximum absolute atomic E-state index is 2.47. The van der Waals surface area contributed by atoms with Gasteiger partial charge in [0.2, 0.25) is 0 Å². The van der Waals surface area contributed by atoms with Crippen LogP contribution in [0.25, 0.3) is 0 Å². The smallest absolute Gasteiger partial charge is 0.0347 e. The Balaban J connectivity index is 0.000000111. The van der Waals surface area contributed by atoms with Crippen molar-refractivity contribution < 1.29 is 0 Å². The van der Waals surface area contributed by atoms with Crippen LogP contribution >= 0.6 is 23.5 Å². The molecule has 4 aliphatic rings. The van der Waals surface area contributed by atoms with E-state index in [0.29, 0.717) is 0 Å². The molecular formula is C16H24S2. The van der Waals surface area contributed by atoms with Crippen molar-refractivity contribution in [3.8, 4) is 0 Å². The number of fused-ring (bicyclic) bond motifs is 1. The van der Waals surface area contributed by atoms with Crippen molar-refractivity contribution >= 4 is 23.5 Å². The Kier molecular flexibility index (Phi) is 4.80. The van der Waals surface area contributed by atoms with Crippen LogP contribution in [0.3, 0.4) is 0 Å². The number of hydrogen-bond acceptors (Lipinski definition) is 2. The van der Waals surface area contributed by atoms with Gasteiger partial charge in [-0.1, -0.05) is 29.7 Å². The zero-order chi connectivity index (χ0) is 12.2. The fraction of sp³-hybridized carbons (Fsp3) is 0.750. The lowest BCUT2D eigenvalue weighted by Gasteiger charge is -2.19. The lowest BCUT2D eigenvalue weighted by molar-refractivity contribution is 0.613. The second kappa shape index (κ2) is 6.56. The van der Waals surface area contributed by atoms with Crippen LogP contribution in [0, 0.1) is 0 Å². The van der Waals surface area contributed by atoms with Gasteiger partial charge in [-0.2, -0.15) is 11.8 Å². The van der Waals surface area contributed by atoms with Crippen molar-refractivity contribution in [3.63, 3.8) is 0 Å². The Morgan fingerprint density at radius 2 is 1.61 bits per heavy atom. The molecule has 1 saturated carbocycles. The maximum atomic E-state index is 2.47. The minimum atomic E-state index is 0.943. The summed E-state index contributed by atoms with van der Waals surface area (Å²) in [6.45, 7) is 0. The number of thioether (sulfide) groups is 2. The first-order valence-electron chi connectivity index (χ1n) is 7.54. The first-order valence-corrected chi connectivity index (χ1v) is 9.64. The first-order chi connectivity index (χ1) is 8.93. The van der Waals surface area contributed by atoms with Gasteiger partial charge in [-0.3, -0.25) is 0 Å². The summed E-state index contributed by atoms with van der Waals surface area (Å²) in [5, 5.41) is 1.91. The maximum Gasteiger partial charge on any atom is 0.0347 e. The molecular weight excluding hydrogens is 256 g/mol. The molecule has 0 bridgehead atoms. The molecule has 0 radical (unpaired) electrons. The average molecular weight is 281 g/mol. The number of hydrogen-bond donors (Lipinski definition) is 0. The van der Waals surface area contributed by atoms with E-state index in [0.717, 1.165) is 10.5 Å². The van der Waals surface area contributed by atoms with E-state index in [1.54, 1.807) is 11.1 Å². The molecule has 0 nitrogen and oxygen atoms in total. The highest BCUT2D eigenvalue weighted by Crippen LogP contribution is 2.40. The van der Waals surface area contributed by atoms with Gasteiger partial charge in [0, 0.05) is 22.0 Å². The fourth-order valence-electron chi connectivity index (χ4n) is 3.12. The van der Waals surface area contributed by atoms with E-state index in [4.69, 9.17) is 0 Å². The topological polar surface area (TPSA) is 0 Å². The van der Waals surface area contributed by atoms with Gasteiger partial charge in [0.1, 0.15) is 0 Å². The highest BCUT2D eigenvalue weighted by Gasteiger charge is 2.26. The molecule has 0 spiro atoms. The van der Waals surface area contributed by atoms with Crippen molar-refractivity contribution in [2.75, 3.05) is 11.5 Å². The van der Waals surface area contributed by atoms with E-state index in [-0.39, 0.29) is 0 Å². The standard InChI is InChI=1S/2C8H12S/c1-2-4-8-7(3-1)5-6-9-8;1-2-4-7(5-3-1)8-6-9-8/h5,8H,1-4,6H2;4,8H,1-3,5-6H2. The average Bonchev–Trinajstić information content (AvgIpc) is 3.18. The number of allylic oxidation sites excluding steroid dienone is 1. The third-order valence-electron chi connectivity index (χ3n) is 4.31. The third kappa shape index (κ3) is 3.60. The summed E-state index contributed by atoms with van der Waals surface area (Å²) in [6.07, 6.45) is 16.3. The van der Waals surface area contributed by atoms with Gasteiger partial charge in [-0.05, 0) is 44.9 Å². The van der Waals surface area contributed by atoms with Gasteiger partial charge in [0.15, 0.2) is 0 Å². The van der Waals surface area contributed by atoms with Crippen LogP contribution in [0.5, 0.6) is 0 Å². The van der Waals surface area contributed by atoms with Crippen LogP contribution in [0.4, 0.5) is 0 Å². The Morgan fingerprint density at radius 1 is 0.833 bits per heavy atom. The Hall–Kier alpha value is 0.180. The highest BCUT2D eigenvalue weighted by atomic mass is 32.2. The van der Waals surface area contributed by atoms with E-state index < -0.39 is 0 Å². The van der Waals surface area contributed by atoms with E-state index >= 15 is 0 Å². The van der Waals surface area contributed by atoms with Gasteiger partial charge in [-0.25, -0.2) is 0 Å². The summed E-state index contributed by atoms with van der Waals surface area (Å²) in [7, 11) is 0. The molecule has 18 heavy (non-hydrogen) atoms. The van der Waals surface area contributed by atoms with Crippen molar-refractivity contribution in [2.45, 2.75) is 61.9 Å². The predicted molar refractivity (Wildman–Crippen MR) is 85.6 cm³/mol. The van der Waals surface area contributed by atoms with Crippen LogP contribution in [-0.4, -0.2) is 22.0 Å². The van der Waals surface area contributed by atoms with Crippen LogP contribution in [0.1, 0.15) is 51.4 Å². The van der Waals surface area contributed by atoms with Gasteiger partial charge in [0.05, 0.1) is 0 Å². The molecule has 2 aliphatic carbocycles. The molecule has 4 rings (SSSR count). The van der Waals surface area contributed by atoms with Crippen molar-refractivity contribution in [1.29, 1.82) is 0 Å². The molecule has 2 atom stereocenters. The molecule has 2 heterocycles. The van der Waals surface area contributed by atoms with Crippen LogP contribution in [-0.2, 0) is 0 Å². The minimum absolute atomic E-state index is 0.943. The third-order valence-corrected chi connectivity index (χ3v) is 6.58. The quantitative estimate of drug-likeness (QED) is 0.478.